The van der Waals surface area contributed by atoms with Crippen LogP contribution in [0, 0.1) is 5.92 Å². The Labute approximate surface area is 159 Å². The maximum absolute atomic E-state index is 13.1. The van der Waals surface area contributed by atoms with Gasteiger partial charge in [0.15, 0.2) is 0 Å². The number of likely N-dealkylation sites (N-methyl/N-ethyl adjacent to an activating group) is 1. The second-order valence-electron chi connectivity index (χ2n) is 7.75. The number of benzene rings is 1. The van der Waals surface area contributed by atoms with Gasteiger partial charge in [-0.15, -0.1) is 0 Å². The van der Waals surface area contributed by atoms with Crippen molar-refractivity contribution in [3.05, 3.63) is 46.4 Å². The van der Waals surface area contributed by atoms with Crippen molar-refractivity contribution in [1.82, 2.24) is 19.4 Å². The van der Waals surface area contributed by atoms with Crippen LogP contribution < -0.4 is 10.9 Å². The summed E-state index contributed by atoms with van der Waals surface area (Å²) in [5.41, 5.74) is 2.04. The van der Waals surface area contributed by atoms with Gasteiger partial charge in [0.2, 0.25) is 0 Å². The Morgan fingerprint density at radius 1 is 1.22 bits per heavy atom. The number of aryl methyl sites for hydroxylation is 1. The number of fused-ring (bicyclic) bond motifs is 3. The van der Waals surface area contributed by atoms with Gasteiger partial charge in [0.1, 0.15) is 5.52 Å². The number of hydrogen-bond acceptors (Lipinski definition) is 3. The highest BCUT2D eigenvalue weighted by Gasteiger charge is 2.21. The molecular weight excluding hydrogens is 340 g/mol. The zero-order valence-corrected chi connectivity index (χ0v) is 16.7. The highest BCUT2D eigenvalue weighted by Crippen LogP contribution is 2.29. The average molecular weight is 368 g/mol. The first-order chi connectivity index (χ1) is 12.8. The first kappa shape index (κ1) is 19.2. The van der Waals surface area contributed by atoms with E-state index >= 15 is 0 Å². The molecule has 0 bridgehead atoms. The van der Waals surface area contributed by atoms with Crippen molar-refractivity contribution in [3.8, 4) is 0 Å². The summed E-state index contributed by atoms with van der Waals surface area (Å²) in [6.07, 6.45) is 1.72. The summed E-state index contributed by atoms with van der Waals surface area (Å²) in [5, 5.41) is 4.66. The third-order valence-electron chi connectivity index (χ3n) is 4.78. The summed E-state index contributed by atoms with van der Waals surface area (Å²) in [6, 6.07) is 7.84. The number of amides is 1. The molecule has 0 saturated carbocycles. The highest BCUT2D eigenvalue weighted by molar-refractivity contribution is 6.17. The molecule has 0 fully saturated rings. The van der Waals surface area contributed by atoms with Crippen molar-refractivity contribution in [2.45, 2.75) is 20.4 Å². The van der Waals surface area contributed by atoms with Gasteiger partial charge in [-0.1, -0.05) is 32.0 Å². The summed E-state index contributed by atoms with van der Waals surface area (Å²) >= 11 is 0. The highest BCUT2D eigenvalue weighted by atomic mass is 16.2. The number of para-hydroxylation sites is 1. The van der Waals surface area contributed by atoms with Crippen molar-refractivity contribution in [1.29, 1.82) is 0 Å². The fourth-order valence-electron chi connectivity index (χ4n) is 3.52. The topological polar surface area (TPSA) is 59.3 Å². The monoisotopic (exact) mass is 368 g/mol. The number of nitrogens with one attached hydrogen (secondary N) is 1. The van der Waals surface area contributed by atoms with E-state index in [2.05, 4.69) is 19.2 Å². The minimum absolute atomic E-state index is 0.0535. The van der Waals surface area contributed by atoms with Crippen LogP contribution in [0.5, 0.6) is 0 Å². The van der Waals surface area contributed by atoms with Crippen molar-refractivity contribution < 1.29 is 4.79 Å². The van der Waals surface area contributed by atoms with E-state index in [1.165, 1.54) is 0 Å². The van der Waals surface area contributed by atoms with Crippen LogP contribution in [0.1, 0.15) is 24.2 Å². The van der Waals surface area contributed by atoms with Crippen molar-refractivity contribution in [3.63, 3.8) is 0 Å². The molecule has 3 aromatic rings. The van der Waals surface area contributed by atoms with Gasteiger partial charge in [-0.05, 0) is 26.1 Å². The molecule has 0 spiro atoms. The lowest BCUT2D eigenvalue weighted by molar-refractivity contribution is 0.0952. The Balaban J connectivity index is 2.23. The van der Waals surface area contributed by atoms with E-state index in [0.29, 0.717) is 30.1 Å². The molecule has 2 aromatic heterocycles. The molecule has 2 heterocycles. The SMILES string of the molecule is CC(C)Cn1cc(C(=O)NCCN(C)C)c2c3ccccc3n(C)c2c1=O. The van der Waals surface area contributed by atoms with Crippen molar-refractivity contribution in [2.24, 2.45) is 13.0 Å². The lowest BCUT2D eigenvalue weighted by Crippen LogP contribution is -2.33. The van der Waals surface area contributed by atoms with Crippen LogP contribution in [-0.2, 0) is 13.6 Å². The molecule has 144 valence electrons. The standard InChI is InChI=1S/C21H28N4O2/c1-14(2)12-25-13-16(20(26)22-10-11-23(3)4)18-15-8-6-7-9-17(15)24(5)19(18)21(25)27/h6-9,13-14H,10-12H2,1-5H3,(H,22,26). The van der Waals surface area contributed by atoms with Crippen molar-refractivity contribution >= 4 is 27.7 Å². The molecule has 0 aliphatic carbocycles. The maximum Gasteiger partial charge on any atom is 0.275 e. The number of aromatic nitrogens is 2. The predicted octanol–water partition coefficient (Wildman–Crippen LogP) is 2.44. The third kappa shape index (κ3) is 3.62. The minimum atomic E-state index is -0.143. The first-order valence-electron chi connectivity index (χ1n) is 9.34. The summed E-state index contributed by atoms with van der Waals surface area (Å²) in [5.74, 6) is 0.162. The largest absolute Gasteiger partial charge is 0.351 e. The smallest absolute Gasteiger partial charge is 0.275 e. The molecule has 27 heavy (non-hydrogen) atoms. The summed E-state index contributed by atoms with van der Waals surface area (Å²) in [6.45, 7) is 6.02. The number of rotatable bonds is 6. The zero-order valence-electron chi connectivity index (χ0n) is 16.7. The lowest BCUT2D eigenvalue weighted by atomic mass is 10.1. The van der Waals surface area contributed by atoms with Crippen LogP contribution in [-0.4, -0.2) is 47.1 Å². The Bertz CT molecular complexity index is 1040. The Kier molecular flexibility index (Phi) is 5.37. The van der Waals surface area contributed by atoms with Crippen LogP contribution in [0.25, 0.3) is 21.8 Å². The van der Waals surface area contributed by atoms with Gasteiger partial charge in [-0.25, -0.2) is 0 Å². The molecule has 0 atom stereocenters. The maximum atomic E-state index is 13.1. The van der Waals surface area contributed by atoms with E-state index in [-0.39, 0.29) is 11.5 Å². The molecule has 6 heteroatoms. The quantitative estimate of drug-likeness (QED) is 0.727. The van der Waals surface area contributed by atoms with E-state index < -0.39 is 0 Å². The molecule has 6 nitrogen and oxygen atoms in total. The summed E-state index contributed by atoms with van der Waals surface area (Å²) < 4.78 is 3.58. The summed E-state index contributed by atoms with van der Waals surface area (Å²) in [7, 11) is 5.83. The molecule has 1 aromatic carbocycles. The van der Waals surface area contributed by atoms with Crippen LogP contribution in [0.4, 0.5) is 0 Å². The molecule has 1 amide bonds. The molecule has 1 N–H and O–H groups in total. The van der Waals surface area contributed by atoms with E-state index in [4.69, 9.17) is 0 Å². The van der Waals surface area contributed by atoms with Crippen LogP contribution in [0.15, 0.2) is 35.3 Å². The molecular formula is C21H28N4O2. The van der Waals surface area contributed by atoms with Gasteiger partial charge in [0, 0.05) is 49.2 Å². The Hall–Kier alpha value is -2.60. The number of nitrogens with zero attached hydrogens (tertiary/aromatic N) is 3. The molecule has 3 rings (SSSR count). The van der Waals surface area contributed by atoms with Crippen molar-refractivity contribution in [2.75, 3.05) is 27.2 Å². The third-order valence-corrected chi connectivity index (χ3v) is 4.78. The van der Waals surface area contributed by atoms with Gasteiger partial charge >= 0.3 is 0 Å². The molecule has 0 radical (unpaired) electrons. The van der Waals surface area contributed by atoms with Crippen LogP contribution >= 0.6 is 0 Å². The number of carbonyl (C=O) groups excluding carboxylic acids is 1. The molecule has 0 unspecified atom stereocenters. The number of pyridine rings is 1. The second-order valence-corrected chi connectivity index (χ2v) is 7.75. The minimum Gasteiger partial charge on any atom is -0.351 e. The fraction of sp³-hybridized carbons (Fsp3) is 0.429. The van der Waals surface area contributed by atoms with E-state index in [0.717, 1.165) is 22.8 Å². The average Bonchev–Trinajstić information content (AvgIpc) is 2.90. The van der Waals surface area contributed by atoms with Gasteiger partial charge in [-0.3, -0.25) is 9.59 Å². The zero-order chi connectivity index (χ0) is 19.7. The molecule has 0 aliphatic heterocycles. The fourth-order valence-corrected chi connectivity index (χ4v) is 3.52. The normalized spacial score (nSPS) is 11.8. The number of hydrogen-bond donors (Lipinski definition) is 1. The Morgan fingerprint density at radius 2 is 1.93 bits per heavy atom. The number of carbonyl (C=O) groups is 1. The van der Waals surface area contributed by atoms with Gasteiger partial charge < -0.3 is 19.4 Å². The summed E-state index contributed by atoms with van der Waals surface area (Å²) in [4.78, 5) is 28.1. The lowest BCUT2D eigenvalue weighted by Gasteiger charge is -2.14. The second kappa shape index (κ2) is 7.56. The van der Waals surface area contributed by atoms with Gasteiger partial charge in [0.05, 0.1) is 5.56 Å². The van der Waals surface area contributed by atoms with Crippen LogP contribution in [0.2, 0.25) is 0 Å². The first-order valence-corrected chi connectivity index (χ1v) is 9.34. The van der Waals surface area contributed by atoms with Crippen LogP contribution in [0.3, 0.4) is 0 Å². The van der Waals surface area contributed by atoms with E-state index in [1.807, 2.05) is 54.9 Å². The van der Waals surface area contributed by atoms with Gasteiger partial charge in [-0.2, -0.15) is 0 Å². The Morgan fingerprint density at radius 3 is 2.59 bits per heavy atom. The van der Waals surface area contributed by atoms with Gasteiger partial charge in [0.25, 0.3) is 11.5 Å². The molecule has 0 aliphatic rings. The van der Waals surface area contributed by atoms with E-state index in [9.17, 15) is 9.59 Å². The molecule has 0 saturated heterocycles. The van der Waals surface area contributed by atoms with E-state index in [1.54, 1.807) is 10.8 Å². The predicted molar refractivity (Wildman–Crippen MR) is 110 cm³/mol.